The number of nitrogens with one attached hydrogen (secondary N) is 2. The lowest BCUT2D eigenvalue weighted by atomic mass is 10.2. The highest BCUT2D eigenvalue weighted by atomic mass is 16.5. The van der Waals surface area contributed by atoms with Crippen LogP contribution in [0.4, 0.5) is 5.69 Å². The molecule has 0 saturated heterocycles. The summed E-state index contributed by atoms with van der Waals surface area (Å²) in [7, 11) is 0. The van der Waals surface area contributed by atoms with Crippen LogP contribution < -0.4 is 5.32 Å². The highest BCUT2D eigenvalue weighted by Gasteiger charge is 2.21. The molecule has 0 saturated carbocycles. The number of carbonyl (C=O) groups is 1. The Balaban J connectivity index is 1.39. The summed E-state index contributed by atoms with van der Waals surface area (Å²) in [6.45, 7) is 0. The summed E-state index contributed by atoms with van der Waals surface area (Å²) in [4.78, 5) is 23.9. The van der Waals surface area contributed by atoms with Crippen LogP contribution >= 0.6 is 0 Å². The predicted molar refractivity (Wildman–Crippen MR) is 104 cm³/mol. The van der Waals surface area contributed by atoms with Gasteiger partial charge in [-0.3, -0.25) is 9.78 Å². The zero-order chi connectivity index (χ0) is 18.2. The van der Waals surface area contributed by atoms with Crippen LogP contribution in [-0.2, 0) is 9.53 Å². The van der Waals surface area contributed by atoms with Crippen molar-refractivity contribution in [3.05, 3.63) is 84.3 Å². The number of pyridine rings is 2. The topological polar surface area (TPSA) is 79.9 Å². The second-order valence-corrected chi connectivity index (χ2v) is 6.16. The number of allylic oxidation sites excluding steroid dienone is 1. The molecule has 2 N–H and O–H groups in total. The van der Waals surface area contributed by atoms with Crippen molar-refractivity contribution < 1.29 is 9.53 Å². The fourth-order valence-corrected chi connectivity index (χ4v) is 3.08. The van der Waals surface area contributed by atoms with E-state index in [9.17, 15) is 4.79 Å². The van der Waals surface area contributed by atoms with Crippen LogP contribution in [0, 0.1) is 0 Å². The number of benzene rings is 1. The minimum Gasteiger partial charge on any atom is -0.437 e. The Bertz CT molecular complexity index is 1250. The van der Waals surface area contributed by atoms with Crippen LogP contribution in [0.1, 0.15) is 5.56 Å². The first-order valence-electron chi connectivity index (χ1n) is 8.46. The van der Waals surface area contributed by atoms with Crippen LogP contribution in [0.25, 0.3) is 28.0 Å². The summed E-state index contributed by atoms with van der Waals surface area (Å²) < 4.78 is 5.72. The Morgan fingerprint density at radius 3 is 2.93 bits per heavy atom. The van der Waals surface area contributed by atoms with Crippen molar-refractivity contribution in [3.63, 3.8) is 0 Å². The monoisotopic (exact) mass is 354 g/mol. The molecule has 3 aromatic heterocycles. The van der Waals surface area contributed by atoms with Crippen molar-refractivity contribution in [3.8, 4) is 0 Å². The Labute approximate surface area is 154 Å². The highest BCUT2D eigenvalue weighted by Crippen LogP contribution is 2.26. The number of aromatic nitrogens is 3. The lowest BCUT2D eigenvalue weighted by Gasteiger charge is -2.08. The summed E-state index contributed by atoms with van der Waals surface area (Å²) in [5.74, 6) is 0.482. The van der Waals surface area contributed by atoms with Crippen LogP contribution in [0.15, 0.2) is 78.8 Å². The smallest absolute Gasteiger partial charge is 0.226 e. The Hall–Kier alpha value is -3.93. The first kappa shape index (κ1) is 15.3. The minimum atomic E-state index is -0.182. The van der Waals surface area contributed by atoms with Gasteiger partial charge in [0.2, 0.25) is 11.7 Å². The standard InChI is InChI=1S/C21H14N4O2/c26-18-11-20(25-15-5-6-17-13(9-15)3-1-7-22-17)27-19(18)10-14-12-24-21-16(14)4-2-8-23-21/h1-12,25H,(H,23,24)/b19-10+. The van der Waals surface area contributed by atoms with E-state index in [1.54, 1.807) is 18.5 Å². The Morgan fingerprint density at radius 2 is 1.96 bits per heavy atom. The molecule has 0 aliphatic carbocycles. The zero-order valence-corrected chi connectivity index (χ0v) is 14.1. The summed E-state index contributed by atoms with van der Waals surface area (Å²) in [5, 5.41) is 5.08. The first-order valence-corrected chi connectivity index (χ1v) is 8.46. The van der Waals surface area contributed by atoms with Gasteiger partial charge in [-0.1, -0.05) is 6.07 Å². The Morgan fingerprint density at radius 1 is 1.07 bits per heavy atom. The van der Waals surface area contributed by atoms with Gasteiger partial charge >= 0.3 is 0 Å². The van der Waals surface area contributed by atoms with E-state index in [2.05, 4.69) is 20.3 Å². The van der Waals surface area contributed by atoms with Crippen molar-refractivity contribution >= 4 is 39.5 Å². The number of nitrogens with zero attached hydrogens (tertiary/aromatic N) is 2. The first-order chi connectivity index (χ1) is 13.3. The van der Waals surface area contributed by atoms with Crippen LogP contribution in [0.5, 0.6) is 0 Å². The lowest BCUT2D eigenvalue weighted by molar-refractivity contribution is -0.112. The fraction of sp³-hybridized carbons (Fsp3) is 0. The van der Waals surface area contributed by atoms with E-state index in [1.807, 2.05) is 48.7 Å². The molecular formula is C21H14N4O2. The molecule has 0 amide bonds. The van der Waals surface area contributed by atoms with E-state index in [4.69, 9.17) is 4.74 Å². The average Bonchev–Trinajstić information content (AvgIpc) is 3.25. The maximum absolute atomic E-state index is 12.3. The molecule has 0 unspecified atom stereocenters. The molecule has 0 bridgehead atoms. The molecule has 4 heterocycles. The molecule has 0 spiro atoms. The normalized spacial score (nSPS) is 15.3. The molecule has 0 atom stereocenters. The number of anilines is 1. The van der Waals surface area contributed by atoms with Gasteiger partial charge in [0.05, 0.1) is 11.6 Å². The molecular weight excluding hydrogens is 340 g/mol. The third-order valence-corrected chi connectivity index (χ3v) is 4.37. The number of fused-ring (bicyclic) bond motifs is 2. The number of aromatic amines is 1. The number of hydrogen-bond donors (Lipinski definition) is 2. The molecule has 27 heavy (non-hydrogen) atoms. The second kappa shape index (κ2) is 6.10. The number of carbonyl (C=O) groups excluding carboxylic acids is 1. The summed E-state index contributed by atoms with van der Waals surface area (Å²) >= 11 is 0. The van der Waals surface area contributed by atoms with Gasteiger partial charge in [0.1, 0.15) is 5.65 Å². The summed E-state index contributed by atoms with van der Waals surface area (Å²) in [6.07, 6.45) is 8.46. The van der Waals surface area contributed by atoms with Crippen molar-refractivity contribution in [1.82, 2.24) is 15.0 Å². The van der Waals surface area contributed by atoms with Gasteiger partial charge in [-0.05, 0) is 42.5 Å². The van der Waals surface area contributed by atoms with E-state index in [0.717, 1.165) is 33.2 Å². The quantitative estimate of drug-likeness (QED) is 0.544. The fourth-order valence-electron chi connectivity index (χ4n) is 3.08. The molecule has 1 aliphatic rings. The summed E-state index contributed by atoms with van der Waals surface area (Å²) in [5.41, 5.74) is 3.36. The SMILES string of the molecule is O=C1C=C(Nc2ccc3ncccc3c2)O/C1=C/c1c[nH]c2ncccc12. The van der Waals surface area contributed by atoms with Crippen molar-refractivity contribution in [1.29, 1.82) is 0 Å². The third kappa shape index (κ3) is 2.83. The van der Waals surface area contributed by atoms with Gasteiger partial charge in [0.25, 0.3) is 0 Å². The van der Waals surface area contributed by atoms with Gasteiger partial charge in [-0.25, -0.2) is 4.98 Å². The van der Waals surface area contributed by atoms with E-state index in [0.29, 0.717) is 5.88 Å². The number of hydrogen-bond acceptors (Lipinski definition) is 5. The van der Waals surface area contributed by atoms with E-state index < -0.39 is 0 Å². The van der Waals surface area contributed by atoms with Crippen LogP contribution in [-0.4, -0.2) is 20.7 Å². The van der Waals surface area contributed by atoms with Crippen molar-refractivity contribution in [2.24, 2.45) is 0 Å². The van der Waals surface area contributed by atoms with Gasteiger partial charge in [-0.2, -0.15) is 0 Å². The van der Waals surface area contributed by atoms with E-state index >= 15 is 0 Å². The van der Waals surface area contributed by atoms with Gasteiger partial charge in [0, 0.05) is 40.6 Å². The highest BCUT2D eigenvalue weighted by molar-refractivity contribution is 6.09. The molecule has 6 heteroatoms. The number of ether oxygens (including phenoxy) is 1. The molecule has 4 aromatic rings. The van der Waals surface area contributed by atoms with Crippen molar-refractivity contribution in [2.45, 2.75) is 0 Å². The number of rotatable bonds is 3. The van der Waals surface area contributed by atoms with E-state index in [1.165, 1.54) is 6.08 Å². The largest absolute Gasteiger partial charge is 0.437 e. The van der Waals surface area contributed by atoms with Gasteiger partial charge in [-0.15, -0.1) is 0 Å². The van der Waals surface area contributed by atoms with Gasteiger partial charge < -0.3 is 15.0 Å². The number of H-pyrrole nitrogens is 1. The molecule has 0 fully saturated rings. The molecule has 130 valence electrons. The van der Waals surface area contributed by atoms with Gasteiger partial charge in [0.15, 0.2) is 5.76 Å². The maximum atomic E-state index is 12.3. The van der Waals surface area contributed by atoms with Crippen molar-refractivity contribution in [2.75, 3.05) is 5.32 Å². The average molecular weight is 354 g/mol. The molecule has 6 nitrogen and oxygen atoms in total. The molecule has 5 rings (SSSR count). The number of ketones is 1. The zero-order valence-electron chi connectivity index (χ0n) is 14.1. The molecule has 1 aliphatic heterocycles. The second-order valence-electron chi connectivity index (χ2n) is 6.16. The maximum Gasteiger partial charge on any atom is 0.226 e. The molecule has 1 aromatic carbocycles. The molecule has 0 radical (unpaired) electrons. The minimum absolute atomic E-state index is 0.182. The lowest BCUT2D eigenvalue weighted by Crippen LogP contribution is -1.99. The third-order valence-electron chi connectivity index (χ3n) is 4.37. The van der Waals surface area contributed by atoms with Crippen LogP contribution in [0.2, 0.25) is 0 Å². The van der Waals surface area contributed by atoms with E-state index in [-0.39, 0.29) is 11.5 Å². The summed E-state index contributed by atoms with van der Waals surface area (Å²) in [6, 6.07) is 13.5. The van der Waals surface area contributed by atoms with Crippen LogP contribution in [0.3, 0.4) is 0 Å². The predicted octanol–water partition coefficient (Wildman–Crippen LogP) is 4.00. The Kier molecular flexibility index (Phi) is 3.47.